The van der Waals surface area contributed by atoms with Crippen molar-refractivity contribution in [1.29, 1.82) is 0 Å². The molecule has 32 heavy (non-hydrogen) atoms. The number of carbonyl (C=O) groups excluding carboxylic acids is 2. The molecular formula is C24H24ClNO5S. The van der Waals surface area contributed by atoms with Gasteiger partial charge >= 0.3 is 5.97 Å². The lowest BCUT2D eigenvalue weighted by Gasteiger charge is -2.15. The van der Waals surface area contributed by atoms with Crippen LogP contribution in [0.4, 0.5) is 5.00 Å². The first-order chi connectivity index (χ1) is 15.3. The van der Waals surface area contributed by atoms with Crippen LogP contribution in [0, 0.1) is 6.92 Å². The van der Waals surface area contributed by atoms with E-state index in [0.29, 0.717) is 32.6 Å². The maximum atomic E-state index is 12.9. The summed E-state index contributed by atoms with van der Waals surface area (Å²) >= 11 is 7.33. The van der Waals surface area contributed by atoms with E-state index in [1.54, 1.807) is 57.4 Å². The smallest absolute Gasteiger partial charge is 0.341 e. The van der Waals surface area contributed by atoms with Crippen molar-refractivity contribution in [3.8, 4) is 22.6 Å². The molecule has 1 aromatic heterocycles. The standard InChI is InChI=1S/C24H24ClNO5S/c1-5-30-24(28)21-20(16-9-11-17(25)12-10-16)15(3)32-23(21)26-22(27)14(2)31-19-8-6-7-18(13-19)29-4/h6-14H,5H2,1-4H3,(H,26,27). The number of carbonyl (C=O) groups is 2. The van der Waals surface area contributed by atoms with E-state index < -0.39 is 12.1 Å². The van der Waals surface area contributed by atoms with E-state index in [1.165, 1.54) is 11.3 Å². The largest absolute Gasteiger partial charge is 0.497 e. The Morgan fingerprint density at radius 3 is 2.47 bits per heavy atom. The predicted molar refractivity (Wildman–Crippen MR) is 127 cm³/mol. The number of halogens is 1. The zero-order valence-electron chi connectivity index (χ0n) is 18.2. The molecular weight excluding hydrogens is 450 g/mol. The zero-order valence-corrected chi connectivity index (χ0v) is 19.8. The van der Waals surface area contributed by atoms with Gasteiger partial charge in [-0.05, 0) is 50.6 Å². The van der Waals surface area contributed by atoms with Crippen molar-refractivity contribution in [1.82, 2.24) is 0 Å². The van der Waals surface area contributed by atoms with E-state index in [9.17, 15) is 9.59 Å². The number of hydrogen-bond acceptors (Lipinski definition) is 6. The molecule has 3 aromatic rings. The lowest BCUT2D eigenvalue weighted by Crippen LogP contribution is -2.30. The van der Waals surface area contributed by atoms with Crippen LogP contribution in [-0.4, -0.2) is 31.7 Å². The van der Waals surface area contributed by atoms with Crippen LogP contribution in [0.3, 0.4) is 0 Å². The van der Waals surface area contributed by atoms with Crippen molar-refractivity contribution in [2.24, 2.45) is 0 Å². The van der Waals surface area contributed by atoms with E-state index in [1.807, 2.05) is 19.1 Å². The van der Waals surface area contributed by atoms with Crippen molar-refractivity contribution < 1.29 is 23.8 Å². The van der Waals surface area contributed by atoms with Gasteiger partial charge in [0.2, 0.25) is 0 Å². The molecule has 0 aliphatic rings. The first-order valence-corrected chi connectivity index (χ1v) is 11.2. The average Bonchev–Trinajstić information content (AvgIpc) is 3.10. The van der Waals surface area contributed by atoms with Gasteiger partial charge in [0.15, 0.2) is 6.10 Å². The minimum Gasteiger partial charge on any atom is -0.497 e. The summed E-state index contributed by atoms with van der Waals surface area (Å²) in [5.74, 6) is 0.240. The number of benzene rings is 2. The summed E-state index contributed by atoms with van der Waals surface area (Å²) in [5, 5.41) is 3.85. The topological polar surface area (TPSA) is 73.9 Å². The Morgan fingerprint density at radius 1 is 1.12 bits per heavy atom. The van der Waals surface area contributed by atoms with Crippen LogP contribution >= 0.6 is 22.9 Å². The predicted octanol–water partition coefficient (Wildman–Crippen LogP) is 5.97. The first-order valence-electron chi connectivity index (χ1n) is 10.0. The maximum absolute atomic E-state index is 12.9. The fourth-order valence-corrected chi connectivity index (χ4v) is 4.33. The van der Waals surface area contributed by atoms with Gasteiger partial charge in [0, 0.05) is 21.5 Å². The highest BCUT2D eigenvalue weighted by molar-refractivity contribution is 7.17. The van der Waals surface area contributed by atoms with Crippen LogP contribution in [0.25, 0.3) is 11.1 Å². The number of hydrogen-bond donors (Lipinski definition) is 1. The number of nitrogens with one attached hydrogen (secondary N) is 1. The van der Waals surface area contributed by atoms with Crippen LogP contribution in [-0.2, 0) is 9.53 Å². The molecule has 0 aliphatic heterocycles. The van der Waals surface area contributed by atoms with E-state index in [2.05, 4.69) is 5.32 Å². The molecule has 0 saturated carbocycles. The Kier molecular flexibility index (Phi) is 7.77. The molecule has 168 valence electrons. The van der Waals surface area contributed by atoms with Gasteiger partial charge in [-0.25, -0.2) is 4.79 Å². The molecule has 6 nitrogen and oxygen atoms in total. The molecule has 2 aromatic carbocycles. The SMILES string of the molecule is CCOC(=O)c1c(NC(=O)C(C)Oc2cccc(OC)c2)sc(C)c1-c1ccc(Cl)cc1. The second-order valence-electron chi connectivity index (χ2n) is 6.89. The van der Waals surface area contributed by atoms with E-state index >= 15 is 0 Å². The number of methoxy groups -OCH3 is 1. The lowest BCUT2D eigenvalue weighted by atomic mass is 10.0. The fraction of sp³-hybridized carbons (Fsp3) is 0.250. The van der Waals surface area contributed by atoms with Gasteiger partial charge in [-0.3, -0.25) is 4.79 Å². The van der Waals surface area contributed by atoms with Crippen LogP contribution in [0.1, 0.15) is 29.1 Å². The lowest BCUT2D eigenvalue weighted by molar-refractivity contribution is -0.122. The summed E-state index contributed by atoms with van der Waals surface area (Å²) in [7, 11) is 1.56. The third-order valence-corrected chi connectivity index (χ3v) is 5.93. The fourth-order valence-electron chi connectivity index (χ4n) is 3.14. The van der Waals surface area contributed by atoms with Gasteiger partial charge in [0.1, 0.15) is 22.1 Å². The monoisotopic (exact) mass is 473 g/mol. The minimum absolute atomic E-state index is 0.219. The number of thiophene rings is 1. The van der Waals surface area contributed by atoms with Crippen LogP contribution < -0.4 is 14.8 Å². The Morgan fingerprint density at radius 2 is 1.81 bits per heavy atom. The summed E-state index contributed by atoms with van der Waals surface area (Å²) < 4.78 is 16.2. The molecule has 0 radical (unpaired) electrons. The van der Waals surface area contributed by atoms with E-state index in [-0.39, 0.29) is 12.5 Å². The third kappa shape index (κ3) is 5.41. The molecule has 1 N–H and O–H groups in total. The number of anilines is 1. The molecule has 0 fully saturated rings. The van der Waals surface area contributed by atoms with Gasteiger partial charge in [-0.15, -0.1) is 11.3 Å². The molecule has 8 heteroatoms. The Hall–Kier alpha value is -3.03. The second-order valence-corrected chi connectivity index (χ2v) is 8.55. The number of rotatable bonds is 8. The van der Waals surface area contributed by atoms with Crippen LogP contribution in [0.2, 0.25) is 5.02 Å². The number of ether oxygens (including phenoxy) is 3. The molecule has 1 unspecified atom stereocenters. The molecule has 0 bridgehead atoms. The van der Waals surface area contributed by atoms with Crippen molar-refractivity contribution in [2.75, 3.05) is 19.0 Å². The van der Waals surface area contributed by atoms with Gasteiger partial charge in [0.05, 0.1) is 13.7 Å². The van der Waals surface area contributed by atoms with E-state index in [0.717, 1.165) is 10.4 Å². The number of aryl methyl sites for hydroxylation is 1. The van der Waals surface area contributed by atoms with Crippen LogP contribution in [0.15, 0.2) is 48.5 Å². The third-order valence-electron chi connectivity index (χ3n) is 4.66. The zero-order chi connectivity index (χ0) is 23.3. The normalized spacial score (nSPS) is 11.5. The molecule has 1 heterocycles. The average molecular weight is 474 g/mol. The van der Waals surface area contributed by atoms with Gasteiger partial charge in [-0.1, -0.05) is 29.8 Å². The molecule has 0 saturated heterocycles. The first kappa shape index (κ1) is 23.6. The number of esters is 1. The van der Waals surface area contributed by atoms with Crippen molar-refractivity contribution >= 4 is 39.8 Å². The molecule has 0 aliphatic carbocycles. The number of amides is 1. The molecule has 1 atom stereocenters. The summed E-state index contributed by atoms with van der Waals surface area (Å²) in [6.07, 6.45) is -0.807. The Labute approximate surface area is 196 Å². The van der Waals surface area contributed by atoms with Crippen molar-refractivity contribution in [2.45, 2.75) is 26.9 Å². The molecule has 0 spiro atoms. The minimum atomic E-state index is -0.807. The highest BCUT2D eigenvalue weighted by Crippen LogP contribution is 2.40. The van der Waals surface area contributed by atoms with Crippen molar-refractivity contribution in [3.63, 3.8) is 0 Å². The van der Waals surface area contributed by atoms with Gasteiger partial charge in [0.25, 0.3) is 5.91 Å². The summed E-state index contributed by atoms with van der Waals surface area (Å²) in [6, 6.07) is 14.2. The van der Waals surface area contributed by atoms with Gasteiger partial charge < -0.3 is 19.5 Å². The van der Waals surface area contributed by atoms with Crippen molar-refractivity contribution in [3.05, 3.63) is 64.0 Å². The summed E-state index contributed by atoms with van der Waals surface area (Å²) in [6.45, 7) is 5.49. The maximum Gasteiger partial charge on any atom is 0.341 e. The summed E-state index contributed by atoms with van der Waals surface area (Å²) in [5.41, 5.74) is 1.84. The summed E-state index contributed by atoms with van der Waals surface area (Å²) in [4.78, 5) is 26.6. The quantitative estimate of drug-likeness (QED) is 0.408. The van der Waals surface area contributed by atoms with E-state index in [4.69, 9.17) is 25.8 Å². The molecule has 1 amide bonds. The van der Waals surface area contributed by atoms with Gasteiger partial charge in [-0.2, -0.15) is 0 Å². The highest BCUT2D eigenvalue weighted by atomic mass is 35.5. The highest BCUT2D eigenvalue weighted by Gasteiger charge is 2.27. The Bertz CT molecular complexity index is 1110. The second kappa shape index (κ2) is 10.5. The Balaban J connectivity index is 1.89. The van der Waals surface area contributed by atoms with Crippen LogP contribution in [0.5, 0.6) is 11.5 Å². The molecule has 3 rings (SSSR count).